The standard InChI is InChI=1S/C26H17BrN2O/c27-17-12-9-16(10-13-17)22-23-18-6-2-1-5-15(18)11-14-21(23)28-25-19-7-3-4-8-20(19)29-26(30)24(22)25/h1-14,22,28H,(H,29,30). The molecule has 2 N–H and O–H groups in total. The molecule has 1 aliphatic heterocycles. The molecule has 0 radical (unpaired) electrons. The molecular weight excluding hydrogens is 436 g/mol. The van der Waals surface area contributed by atoms with E-state index in [2.05, 4.69) is 74.8 Å². The van der Waals surface area contributed by atoms with Crippen molar-refractivity contribution in [2.75, 3.05) is 5.32 Å². The smallest absolute Gasteiger partial charge is 0.254 e. The van der Waals surface area contributed by atoms with Crippen LogP contribution in [0.1, 0.15) is 22.6 Å². The van der Waals surface area contributed by atoms with Crippen LogP contribution in [0, 0.1) is 0 Å². The Kier molecular flexibility index (Phi) is 3.83. The molecule has 5 aromatic rings. The lowest BCUT2D eigenvalue weighted by molar-refractivity contribution is 0.949. The van der Waals surface area contributed by atoms with Crippen molar-refractivity contribution in [1.82, 2.24) is 4.98 Å². The first kappa shape index (κ1) is 17.5. The minimum Gasteiger partial charge on any atom is -0.354 e. The van der Waals surface area contributed by atoms with Crippen LogP contribution in [-0.2, 0) is 0 Å². The van der Waals surface area contributed by atoms with Crippen LogP contribution in [-0.4, -0.2) is 4.98 Å². The van der Waals surface area contributed by atoms with Crippen molar-refractivity contribution < 1.29 is 0 Å². The lowest BCUT2D eigenvalue weighted by Crippen LogP contribution is -2.24. The largest absolute Gasteiger partial charge is 0.354 e. The summed E-state index contributed by atoms with van der Waals surface area (Å²) in [7, 11) is 0. The molecule has 1 aromatic heterocycles. The molecule has 4 heteroatoms. The Morgan fingerprint density at radius 1 is 0.733 bits per heavy atom. The quantitative estimate of drug-likeness (QED) is 0.292. The van der Waals surface area contributed by atoms with Gasteiger partial charge in [0.15, 0.2) is 0 Å². The van der Waals surface area contributed by atoms with Crippen molar-refractivity contribution in [3.63, 3.8) is 0 Å². The maximum atomic E-state index is 13.4. The number of nitrogens with one attached hydrogen (secondary N) is 2. The Balaban J connectivity index is 1.76. The second-order valence-electron chi connectivity index (χ2n) is 7.65. The van der Waals surface area contributed by atoms with E-state index in [1.807, 2.05) is 36.4 Å². The van der Waals surface area contributed by atoms with E-state index in [0.717, 1.165) is 48.8 Å². The van der Waals surface area contributed by atoms with Gasteiger partial charge in [-0.2, -0.15) is 0 Å². The first-order chi connectivity index (χ1) is 14.7. The van der Waals surface area contributed by atoms with Crippen molar-refractivity contribution in [3.05, 3.63) is 116 Å². The zero-order valence-electron chi connectivity index (χ0n) is 15.9. The van der Waals surface area contributed by atoms with Crippen LogP contribution in [0.5, 0.6) is 0 Å². The maximum Gasteiger partial charge on any atom is 0.254 e. The molecule has 1 aliphatic rings. The van der Waals surface area contributed by atoms with Gasteiger partial charge in [0.25, 0.3) is 5.56 Å². The second-order valence-corrected chi connectivity index (χ2v) is 8.56. The third-order valence-electron chi connectivity index (χ3n) is 5.97. The molecule has 2 heterocycles. The number of benzene rings is 4. The van der Waals surface area contributed by atoms with Gasteiger partial charge >= 0.3 is 0 Å². The molecule has 4 aromatic carbocycles. The molecule has 30 heavy (non-hydrogen) atoms. The highest BCUT2D eigenvalue weighted by Crippen LogP contribution is 2.48. The van der Waals surface area contributed by atoms with Crippen LogP contribution in [0.4, 0.5) is 11.4 Å². The van der Waals surface area contributed by atoms with Crippen LogP contribution in [0.2, 0.25) is 0 Å². The summed E-state index contributed by atoms with van der Waals surface area (Å²) in [5, 5.41) is 6.95. The van der Waals surface area contributed by atoms with Crippen LogP contribution in [0.3, 0.4) is 0 Å². The number of aromatic nitrogens is 1. The summed E-state index contributed by atoms with van der Waals surface area (Å²) < 4.78 is 1.02. The molecule has 0 fully saturated rings. The van der Waals surface area contributed by atoms with Gasteiger partial charge in [0.2, 0.25) is 0 Å². The molecule has 0 spiro atoms. The predicted octanol–water partition coefficient (Wildman–Crippen LogP) is 6.68. The molecule has 3 nitrogen and oxygen atoms in total. The van der Waals surface area contributed by atoms with Crippen molar-refractivity contribution in [3.8, 4) is 0 Å². The van der Waals surface area contributed by atoms with Crippen molar-refractivity contribution in [2.24, 2.45) is 0 Å². The number of halogens is 1. The van der Waals surface area contributed by atoms with E-state index in [9.17, 15) is 4.79 Å². The van der Waals surface area contributed by atoms with E-state index in [-0.39, 0.29) is 11.5 Å². The fraction of sp³-hybridized carbons (Fsp3) is 0.0385. The van der Waals surface area contributed by atoms with Gasteiger partial charge < -0.3 is 10.3 Å². The first-order valence-electron chi connectivity index (χ1n) is 9.90. The van der Waals surface area contributed by atoms with E-state index in [4.69, 9.17) is 0 Å². The number of hydrogen-bond acceptors (Lipinski definition) is 2. The summed E-state index contributed by atoms with van der Waals surface area (Å²) in [6, 6.07) is 28.9. The average molecular weight is 453 g/mol. The summed E-state index contributed by atoms with van der Waals surface area (Å²) in [5.41, 5.74) is 5.73. The van der Waals surface area contributed by atoms with Gasteiger partial charge in [-0.3, -0.25) is 4.79 Å². The third kappa shape index (κ3) is 2.54. The fourth-order valence-electron chi connectivity index (χ4n) is 4.65. The molecule has 0 bridgehead atoms. The van der Waals surface area contributed by atoms with Gasteiger partial charge in [0.05, 0.1) is 16.8 Å². The summed E-state index contributed by atoms with van der Waals surface area (Å²) in [4.78, 5) is 16.5. The van der Waals surface area contributed by atoms with E-state index in [1.165, 1.54) is 5.39 Å². The summed E-state index contributed by atoms with van der Waals surface area (Å²) in [5.74, 6) is -0.163. The molecule has 144 valence electrons. The third-order valence-corrected chi connectivity index (χ3v) is 6.50. The van der Waals surface area contributed by atoms with Crippen molar-refractivity contribution in [2.45, 2.75) is 5.92 Å². The Morgan fingerprint density at radius 3 is 2.30 bits per heavy atom. The van der Waals surface area contributed by atoms with E-state index in [0.29, 0.717) is 0 Å². The Bertz CT molecular complexity index is 1500. The maximum absolute atomic E-state index is 13.4. The average Bonchev–Trinajstić information content (AvgIpc) is 2.78. The van der Waals surface area contributed by atoms with Crippen LogP contribution in [0.25, 0.3) is 21.7 Å². The molecule has 0 saturated carbocycles. The number of anilines is 2. The highest BCUT2D eigenvalue weighted by molar-refractivity contribution is 9.10. The first-order valence-corrected chi connectivity index (χ1v) is 10.7. The molecular formula is C26H17BrN2O. The number of para-hydroxylation sites is 1. The Hall–Kier alpha value is -3.37. The van der Waals surface area contributed by atoms with Gasteiger partial charge in [-0.25, -0.2) is 0 Å². The van der Waals surface area contributed by atoms with Gasteiger partial charge in [-0.1, -0.05) is 76.6 Å². The summed E-state index contributed by atoms with van der Waals surface area (Å²) in [6.45, 7) is 0. The molecule has 0 aliphatic carbocycles. The minimum atomic E-state index is -0.163. The number of H-pyrrole nitrogens is 1. The Labute approximate surface area is 181 Å². The van der Waals surface area contributed by atoms with E-state index in [1.54, 1.807) is 0 Å². The van der Waals surface area contributed by atoms with Crippen LogP contribution >= 0.6 is 15.9 Å². The lowest BCUT2D eigenvalue weighted by atomic mass is 9.79. The number of aromatic amines is 1. The summed E-state index contributed by atoms with van der Waals surface area (Å²) >= 11 is 3.54. The predicted molar refractivity (Wildman–Crippen MR) is 127 cm³/mol. The summed E-state index contributed by atoms with van der Waals surface area (Å²) in [6.07, 6.45) is 0. The van der Waals surface area contributed by atoms with Gasteiger partial charge in [-0.05, 0) is 46.2 Å². The highest BCUT2D eigenvalue weighted by atomic mass is 79.9. The minimum absolute atomic E-state index is 0.0531. The zero-order chi connectivity index (χ0) is 20.2. The van der Waals surface area contributed by atoms with Gasteiger partial charge in [0, 0.05) is 21.5 Å². The number of pyridine rings is 1. The van der Waals surface area contributed by atoms with Crippen LogP contribution in [0.15, 0.2) is 94.2 Å². The van der Waals surface area contributed by atoms with Gasteiger partial charge in [0.1, 0.15) is 0 Å². The number of hydrogen-bond donors (Lipinski definition) is 2. The normalized spacial score (nSPS) is 14.9. The zero-order valence-corrected chi connectivity index (χ0v) is 17.5. The molecule has 1 atom stereocenters. The molecule has 6 rings (SSSR count). The van der Waals surface area contributed by atoms with Crippen LogP contribution < -0.4 is 10.9 Å². The lowest BCUT2D eigenvalue weighted by Gasteiger charge is -2.31. The van der Waals surface area contributed by atoms with Crippen molar-refractivity contribution in [1.29, 1.82) is 0 Å². The van der Waals surface area contributed by atoms with Gasteiger partial charge in [-0.15, -0.1) is 0 Å². The fourth-order valence-corrected chi connectivity index (χ4v) is 4.92. The number of rotatable bonds is 1. The van der Waals surface area contributed by atoms with Crippen molar-refractivity contribution >= 4 is 49.0 Å². The van der Waals surface area contributed by atoms with E-state index < -0.39 is 0 Å². The number of fused-ring (bicyclic) bond motifs is 6. The van der Waals surface area contributed by atoms with E-state index >= 15 is 0 Å². The second kappa shape index (κ2) is 6.57. The highest BCUT2D eigenvalue weighted by Gasteiger charge is 2.32. The topological polar surface area (TPSA) is 44.9 Å². The monoisotopic (exact) mass is 452 g/mol. The molecule has 0 saturated heterocycles. The molecule has 0 amide bonds. The molecule has 1 unspecified atom stereocenters. The SMILES string of the molecule is O=c1[nH]c2ccccc2c2c1C(c1ccc(Br)cc1)c1c(ccc3ccccc13)N2. The Morgan fingerprint density at radius 2 is 1.47 bits per heavy atom.